The molecule has 2 aromatic heterocycles. The molecule has 2 N–H and O–H groups in total. The Kier molecular flexibility index (Phi) is 6.18. The number of nitrogens with zero attached hydrogens (tertiary/aromatic N) is 2. The largest absolute Gasteiger partial charge is 0.356 e. The quantitative estimate of drug-likeness (QED) is 0.634. The summed E-state index contributed by atoms with van der Waals surface area (Å²) >= 11 is 3.49. The van der Waals surface area contributed by atoms with Gasteiger partial charge < -0.3 is 10.6 Å². The second kappa shape index (κ2) is 7.93. The van der Waals surface area contributed by atoms with Gasteiger partial charge in [0.25, 0.3) is 0 Å². The third kappa shape index (κ3) is 5.32. The lowest BCUT2D eigenvalue weighted by Gasteiger charge is -2.16. The maximum Gasteiger partial charge on any atom is 0.191 e. The van der Waals surface area contributed by atoms with Gasteiger partial charge in [-0.3, -0.25) is 4.99 Å². The SMILES string of the molecule is CN=C(NCCc1nc(C(C)(C)C)cs1)NC(C)c1cccs1. The van der Waals surface area contributed by atoms with Gasteiger partial charge >= 0.3 is 0 Å². The van der Waals surface area contributed by atoms with E-state index in [1.165, 1.54) is 15.6 Å². The maximum absolute atomic E-state index is 4.73. The molecule has 0 amide bonds. The summed E-state index contributed by atoms with van der Waals surface area (Å²) in [6.07, 6.45) is 0.912. The van der Waals surface area contributed by atoms with Crippen LogP contribution in [0.3, 0.4) is 0 Å². The molecule has 0 spiro atoms. The van der Waals surface area contributed by atoms with Gasteiger partial charge in [-0.05, 0) is 18.4 Å². The van der Waals surface area contributed by atoms with Crippen LogP contribution in [0.2, 0.25) is 0 Å². The molecule has 1 unspecified atom stereocenters. The molecule has 2 aromatic rings. The van der Waals surface area contributed by atoms with Crippen molar-refractivity contribution in [2.24, 2.45) is 4.99 Å². The lowest BCUT2D eigenvalue weighted by molar-refractivity contribution is 0.570. The molecule has 6 heteroatoms. The molecule has 0 aliphatic heterocycles. The number of aromatic nitrogens is 1. The lowest BCUT2D eigenvalue weighted by atomic mass is 9.93. The van der Waals surface area contributed by atoms with Crippen molar-refractivity contribution in [2.75, 3.05) is 13.6 Å². The maximum atomic E-state index is 4.73. The number of rotatable bonds is 5. The second-order valence-corrected chi connectivity index (χ2v) is 8.43. The van der Waals surface area contributed by atoms with Crippen molar-refractivity contribution in [2.45, 2.75) is 45.6 Å². The molecule has 0 fully saturated rings. The Balaban J connectivity index is 1.81. The Bertz CT molecular complexity index is 623. The highest BCUT2D eigenvalue weighted by Crippen LogP contribution is 2.24. The fraction of sp³-hybridized carbons (Fsp3) is 0.529. The molecule has 1 atom stereocenters. The van der Waals surface area contributed by atoms with E-state index in [1.807, 2.05) is 0 Å². The highest BCUT2D eigenvalue weighted by atomic mass is 32.1. The second-order valence-electron chi connectivity index (χ2n) is 6.51. The summed E-state index contributed by atoms with van der Waals surface area (Å²) in [5, 5.41) is 12.2. The fourth-order valence-corrected chi connectivity index (χ4v) is 3.83. The Labute approximate surface area is 147 Å². The molecule has 2 heterocycles. The minimum atomic E-state index is 0.121. The number of nitrogens with one attached hydrogen (secondary N) is 2. The summed E-state index contributed by atoms with van der Waals surface area (Å²) < 4.78 is 0. The monoisotopic (exact) mass is 350 g/mol. The van der Waals surface area contributed by atoms with Crippen LogP contribution < -0.4 is 10.6 Å². The Hall–Kier alpha value is -1.40. The number of guanidine groups is 1. The van der Waals surface area contributed by atoms with Gasteiger partial charge in [0.1, 0.15) is 0 Å². The molecule has 0 aliphatic rings. The molecule has 126 valence electrons. The molecule has 0 aliphatic carbocycles. The summed E-state index contributed by atoms with van der Waals surface area (Å²) in [4.78, 5) is 10.3. The minimum Gasteiger partial charge on any atom is -0.356 e. The van der Waals surface area contributed by atoms with Gasteiger partial charge in [-0.25, -0.2) is 4.98 Å². The van der Waals surface area contributed by atoms with Crippen LogP contribution >= 0.6 is 22.7 Å². The van der Waals surface area contributed by atoms with Crippen molar-refractivity contribution < 1.29 is 0 Å². The summed E-state index contributed by atoms with van der Waals surface area (Å²) in [5.41, 5.74) is 1.29. The Morgan fingerprint density at radius 2 is 2.13 bits per heavy atom. The van der Waals surface area contributed by atoms with Gasteiger partial charge in [0.05, 0.1) is 16.7 Å². The molecule has 23 heavy (non-hydrogen) atoms. The van der Waals surface area contributed by atoms with Gasteiger partial charge in [0.15, 0.2) is 5.96 Å². The summed E-state index contributed by atoms with van der Waals surface area (Å²) in [6.45, 7) is 9.56. The number of thiophene rings is 1. The molecule has 4 nitrogen and oxygen atoms in total. The lowest BCUT2D eigenvalue weighted by Crippen LogP contribution is -2.39. The molecule has 0 saturated carbocycles. The predicted molar refractivity (Wildman–Crippen MR) is 102 cm³/mol. The summed E-state index contributed by atoms with van der Waals surface area (Å²) in [7, 11) is 1.80. The number of hydrogen-bond donors (Lipinski definition) is 2. The first-order valence-corrected chi connectivity index (χ1v) is 9.61. The minimum absolute atomic E-state index is 0.121. The van der Waals surface area contributed by atoms with E-state index in [2.05, 4.69) is 66.2 Å². The van der Waals surface area contributed by atoms with E-state index in [4.69, 9.17) is 4.98 Å². The average molecular weight is 351 g/mol. The average Bonchev–Trinajstić information content (AvgIpc) is 3.16. The summed E-state index contributed by atoms with van der Waals surface area (Å²) in [5.74, 6) is 0.832. The van der Waals surface area contributed by atoms with Crippen LogP contribution in [0, 0.1) is 0 Å². The van der Waals surface area contributed by atoms with Gasteiger partial charge in [-0.1, -0.05) is 26.8 Å². The van der Waals surface area contributed by atoms with E-state index >= 15 is 0 Å². The van der Waals surface area contributed by atoms with E-state index in [0.29, 0.717) is 0 Å². The number of hydrogen-bond acceptors (Lipinski definition) is 4. The van der Waals surface area contributed by atoms with E-state index in [1.54, 1.807) is 29.7 Å². The van der Waals surface area contributed by atoms with Gasteiger partial charge in [-0.2, -0.15) is 0 Å². The van der Waals surface area contributed by atoms with Crippen LogP contribution in [0.15, 0.2) is 27.9 Å². The van der Waals surface area contributed by atoms with Crippen molar-refractivity contribution in [3.63, 3.8) is 0 Å². The van der Waals surface area contributed by atoms with Crippen molar-refractivity contribution in [3.8, 4) is 0 Å². The molecular formula is C17H26N4S2. The standard InChI is InChI=1S/C17H26N4S2/c1-12(13-7-6-10-22-13)20-16(18-5)19-9-8-15-21-14(11-23-15)17(2,3)4/h6-7,10-12H,8-9H2,1-5H3,(H2,18,19,20). The zero-order chi connectivity index (χ0) is 16.9. The molecule has 2 rings (SSSR count). The van der Waals surface area contributed by atoms with E-state index in [0.717, 1.165) is 18.9 Å². The smallest absolute Gasteiger partial charge is 0.191 e. The third-order valence-electron chi connectivity index (χ3n) is 3.50. The summed E-state index contributed by atoms with van der Waals surface area (Å²) in [6, 6.07) is 4.47. The molecule has 0 aromatic carbocycles. The van der Waals surface area contributed by atoms with Crippen LogP contribution in [-0.2, 0) is 11.8 Å². The first-order chi connectivity index (χ1) is 10.9. The van der Waals surface area contributed by atoms with Crippen molar-refractivity contribution in [1.29, 1.82) is 0 Å². The van der Waals surface area contributed by atoms with E-state index in [9.17, 15) is 0 Å². The van der Waals surface area contributed by atoms with Crippen molar-refractivity contribution >= 4 is 28.6 Å². The van der Waals surface area contributed by atoms with Crippen LogP contribution in [0.4, 0.5) is 0 Å². The highest BCUT2D eigenvalue weighted by Gasteiger charge is 2.17. The first kappa shape index (κ1) is 17.9. The third-order valence-corrected chi connectivity index (χ3v) is 5.46. The Morgan fingerprint density at radius 3 is 2.70 bits per heavy atom. The van der Waals surface area contributed by atoms with Gasteiger partial charge in [0.2, 0.25) is 0 Å². The molecule has 0 bridgehead atoms. The highest BCUT2D eigenvalue weighted by molar-refractivity contribution is 7.10. The zero-order valence-electron chi connectivity index (χ0n) is 14.5. The van der Waals surface area contributed by atoms with E-state index in [-0.39, 0.29) is 11.5 Å². The van der Waals surface area contributed by atoms with Crippen molar-refractivity contribution in [1.82, 2.24) is 15.6 Å². The van der Waals surface area contributed by atoms with Gasteiger partial charge in [0, 0.05) is 35.7 Å². The molecule has 0 radical (unpaired) electrons. The van der Waals surface area contributed by atoms with Crippen LogP contribution in [0.25, 0.3) is 0 Å². The van der Waals surface area contributed by atoms with Crippen molar-refractivity contribution in [3.05, 3.63) is 38.5 Å². The normalized spacial score (nSPS) is 13.9. The topological polar surface area (TPSA) is 49.3 Å². The van der Waals surface area contributed by atoms with E-state index < -0.39 is 0 Å². The number of aliphatic imine (C=N–C) groups is 1. The molecular weight excluding hydrogens is 324 g/mol. The Morgan fingerprint density at radius 1 is 1.35 bits per heavy atom. The number of thiazole rings is 1. The van der Waals surface area contributed by atoms with Crippen LogP contribution in [-0.4, -0.2) is 24.5 Å². The van der Waals surface area contributed by atoms with Crippen LogP contribution in [0.5, 0.6) is 0 Å². The molecule has 0 saturated heterocycles. The fourth-order valence-electron chi connectivity index (χ4n) is 2.07. The first-order valence-electron chi connectivity index (χ1n) is 7.85. The van der Waals surface area contributed by atoms with Crippen LogP contribution in [0.1, 0.15) is 49.3 Å². The zero-order valence-corrected chi connectivity index (χ0v) is 16.1. The van der Waals surface area contributed by atoms with Gasteiger partial charge in [-0.15, -0.1) is 22.7 Å². The predicted octanol–water partition coefficient (Wildman–Crippen LogP) is 3.97.